The molecule has 100 valence electrons. The van der Waals surface area contributed by atoms with Crippen LogP contribution in [0.5, 0.6) is 11.5 Å². The average Bonchev–Trinajstić information content (AvgIpc) is 2.43. The van der Waals surface area contributed by atoms with Crippen LogP contribution in [0, 0.1) is 17.2 Å². The number of hydrogen-bond donors (Lipinski definition) is 0. The Bertz CT molecular complexity index is 539. The molecule has 0 aliphatic heterocycles. The molecule has 0 spiro atoms. The van der Waals surface area contributed by atoms with Gasteiger partial charge >= 0.3 is 0 Å². The van der Waals surface area contributed by atoms with Crippen molar-refractivity contribution in [3.63, 3.8) is 0 Å². The molecule has 4 heteroatoms. The Kier molecular flexibility index (Phi) is 5.13. The lowest BCUT2D eigenvalue weighted by Gasteiger charge is -2.08. The number of methoxy groups -OCH3 is 2. The summed E-state index contributed by atoms with van der Waals surface area (Å²) in [5.74, 6) is 0.821. The molecule has 0 fully saturated rings. The van der Waals surface area contributed by atoms with Gasteiger partial charge in [-0.25, -0.2) is 0 Å². The Labute approximate surface area is 113 Å². The zero-order valence-electron chi connectivity index (χ0n) is 11.6. The van der Waals surface area contributed by atoms with Gasteiger partial charge in [-0.15, -0.1) is 0 Å². The second-order valence-corrected chi connectivity index (χ2v) is 4.30. The van der Waals surface area contributed by atoms with E-state index >= 15 is 0 Å². The summed E-state index contributed by atoms with van der Waals surface area (Å²) in [5.41, 5.74) is 0.798. The van der Waals surface area contributed by atoms with E-state index in [2.05, 4.69) is 0 Å². The number of benzene rings is 1. The fraction of sp³-hybridized carbons (Fsp3) is 0.333. The predicted molar refractivity (Wildman–Crippen MR) is 73.0 cm³/mol. The number of hydrogen-bond acceptors (Lipinski definition) is 4. The van der Waals surface area contributed by atoms with Crippen molar-refractivity contribution in [3.05, 3.63) is 29.3 Å². The van der Waals surface area contributed by atoms with Crippen LogP contribution in [-0.2, 0) is 4.79 Å². The van der Waals surface area contributed by atoms with Crippen LogP contribution < -0.4 is 9.47 Å². The highest BCUT2D eigenvalue weighted by Crippen LogP contribution is 2.26. The molecule has 4 nitrogen and oxygen atoms in total. The van der Waals surface area contributed by atoms with Crippen molar-refractivity contribution in [2.75, 3.05) is 14.2 Å². The van der Waals surface area contributed by atoms with E-state index in [0.29, 0.717) is 17.1 Å². The van der Waals surface area contributed by atoms with Crippen molar-refractivity contribution in [3.8, 4) is 17.6 Å². The van der Waals surface area contributed by atoms with Gasteiger partial charge in [-0.1, -0.05) is 13.8 Å². The van der Waals surface area contributed by atoms with Gasteiger partial charge < -0.3 is 9.47 Å². The van der Waals surface area contributed by atoms with Gasteiger partial charge in [0, 0.05) is 17.5 Å². The van der Waals surface area contributed by atoms with Gasteiger partial charge in [-0.3, -0.25) is 4.79 Å². The molecule has 0 atom stereocenters. The molecular formula is C15H17NO3. The molecule has 0 N–H and O–H groups in total. The van der Waals surface area contributed by atoms with E-state index in [1.54, 1.807) is 45.2 Å². The first-order chi connectivity index (χ1) is 9.03. The minimum atomic E-state index is -0.213. The second kappa shape index (κ2) is 6.60. The van der Waals surface area contributed by atoms with Crippen LogP contribution in [0.4, 0.5) is 0 Å². The topological polar surface area (TPSA) is 59.3 Å². The maximum Gasteiger partial charge on any atom is 0.175 e. The van der Waals surface area contributed by atoms with Crippen LogP contribution in [0.1, 0.15) is 19.4 Å². The lowest BCUT2D eigenvalue weighted by Crippen LogP contribution is -2.09. The number of Topliss-reactive ketones (excluding diaryl/α,β-unsaturated/α-hetero) is 1. The van der Waals surface area contributed by atoms with E-state index in [4.69, 9.17) is 14.7 Å². The largest absolute Gasteiger partial charge is 0.497 e. The van der Waals surface area contributed by atoms with E-state index in [9.17, 15) is 4.79 Å². The van der Waals surface area contributed by atoms with E-state index in [-0.39, 0.29) is 17.3 Å². The number of allylic oxidation sites excluding steroid dienone is 1. The van der Waals surface area contributed by atoms with E-state index < -0.39 is 0 Å². The molecule has 1 aromatic rings. The Morgan fingerprint density at radius 3 is 2.47 bits per heavy atom. The summed E-state index contributed by atoms with van der Waals surface area (Å²) in [5, 5.41) is 9.07. The van der Waals surface area contributed by atoms with Crippen LogP contribution in [0.3, 0.4) is 0 Å². The van der Waals surface area contributed by atoms with E-state index in [1.807, 2.05) is 6.07 Å². The Hall–Kier alpha value is -2.28. The van der Waals surface area contributed by atoms with Gasteiger partial charge in [0.05, 0.1) is 19.8 Å². The highest BCUT2D eigenvalue weighted by Gasteiger charge is 2.14. The fourth-order valence-electron chi connectivity index (χ4n) is 1.56. The molecule has 0 saturated heterocycles. The summed E-state index contributed by atoms with van der Waals surface area (Å²) >= 11 is 0. The third-order valence-corrected chi connectivity index (χ3v) is 2.65. The van der Waals surface area contributed by atoms with Crippen molar-refractivity contribution < 1.29 is 14.3 Å². The quantitative estimate of drug-likeness (QED) is 0.602. The minimum Gasteiger partial charge on any atom is -0.497 e. The predicted octanol–water partition coefficient (Wildman–Crippen LogP) is 2.84. The molecule has 0 bridgehead atoms. The lowest BCUT2D eigenvalue weighted by molar-refractivity contribution is -0.117. The second-order valence-electron chi connectivity index (χ2n) is 4.30. The molecule has 0 aliphatic rings. The SMILES string of the molecule is COc1ccc(/C=C(\C#N)C(=O)C(C)C)c(OC)c1. The van der Waals surface area contributed by atoms with Crippen LogP contribution in [0.2, 0.25) is 0 Å². The van der Waals surface area contributed by atoms with Crippen LogP contribution in [0.15, 0.2) is 23.8 Å². The number of rotatable bonds is 5. The first-order valence-electron chi connectivity index (χ1n) is 5.91. The average molecular weight is 259 g/mol. The number of carbonyl (C=O) groups is 1. The molecule has 0 radical (unpaired) electrons. The first-order valence-corrected chi connectivity index (χ1v) is 5.91. The highest BCUT2D eigenvalue weighted by atomic mass is 16.5. The van der Waals surface area contributed by atoms with Crippen LogP contribution in [-0.4, -0.2) is 20.0 Å². The molecule has 0 aliphatic carbocycles. The van der Waals surface area contributed by atoms with Gasteiger partial charge in [0.15, 0.2) is 5.78 Å². The summed E-state index contributed by atoms with van der Waals surface area (Å²) in [6, 6.07) is 7.15. The number of nitrogens with zero attached hydrogens (tertiary/aromatic N) is 1. The van der Waals surface area contributed by atoms with Gasteiger partial charge in [-0.2, -0.15) is 5.26 Å². The Balaban J connectivity index is 3.23. The summed E-state index contributed by atoms with van der Waals surface area (Å²) in [6.07, 6.45) is 1.54. The molecule has 0 heterocycles. The van der Waals surface area contributed by atoms with Gasteiger partial charge in [0.2, 0.25) is 0 Å². The number of nitriles is 1. The summed E-state index contributed by atoms with van der Waals surface area (Å²) in [6.45, 7) is 3.53. The fourth-order valence-corrected chi connectivity index (χ4v) is 1.56. The van der Waals surface area contributed by atoms with Crippen molar-refractivity contribution in [2.24, 2.45) is 5.92 Å². The third kappa shape index (κ3) is 3.59. The molecule has 0 saturated carbocycles. The normalized spacial score (nSPS) is 11.1. The minimum absolute atomic E-state index is 0.124. The molecule has 1 rings (SSSR count). The smallest absolute Gasteiger partial charge is 0.175 e. The molecule has 0 aromatic heterocycles. The van der Waals surface area contributed by atoms with Gasteiger partial charge in [-0.05, 0) is 18.2 Å². The van der Waals surface area contributed by atoms with Gasteiger partial charge in [0.1, 0.15) is 17.6 Å². The van der Waals surface area contributed by atoms with Crippen molar-refractivity contribution in [1.82, 2.24) is 0 Å². The summed E-state index contributed by atoms with van der Waals surface area (Å²) in [4.78, 5) is 11.8. The lowest BCUT2D eigenvalue weighted by atomic mass is 9.99. The van der Waals surface area contributed by atoms with Gasteiger partial charge in [0.25, 0.3) is 0 Å². The van der Waals surface area contributed by atoms with Crippen molar-refractivity contribution in [1.29, 1.82) is 5.26 Å². The zero-order chi connectivity index (χ0) is 14.4. The van der Waals surface area contributed by atoms with Crippen LogP contribution >= 0.6 is 0 Å². The third-order valence-electron chi connectivity index (χ3n) is 2.65. The van der Waals surface area contributed by atoms with Crippen molar-refractivity contribution >= 4 is 11.9 Å². The molecule has 0 unspecified atom stereocenters. The van der Waals surface area contributed by atoms with E-state index in [0.717, 1.165) is 0 Å². The molecule has 19 heavy (non-hydrogen) atoms. The van der Waals surface area contributed by atoms with Crippen molar-refractivity contribution in [2.45, 2.75) is 13.8 Å². The van der Waals surface area contributed by atoms with Crippen LogP contribution in [0.25, 0.3) is 6.08 Å². The molecular weight excluding hydrogens is 242 g/mol. The maximum atomic E-state index is 11.8. The maximum absolute atomic E-state index is 11.8. The first kappa shape index (κ1) is 14.8. The Morgan fingerprint density at radius 1 is 1.32 bits per heavy atom. The summed E-state index contributed by atoms with van der Waals surface area (Å²) in [7, 11) is 3.09. The summed E-state index contributed by atoms with van der Waals surface area (Å²) < 4.78 is 10.3. The standard InChI is InChI=1S/C15H17NO3/c1-10(2)15(17)12(9-16)7-11-5-6-13(18-3)8-14(11)19-4/h5-8,10H,1-4H3/b12-7+. The highest BCUT2D eigenvalue weighted by molar-refractivity contribution is 6.04. The molecule has 1 aromatic carbocycles. The number of ketones is 1. The monoisotopic (exact) mass is 259 g/mol. The number of ether oxygens (including phenoxy) is 2. The van der Waals surface area contributed by atoms with E-state index in [1.165, 1.54) is 7.11 Å². The molecule has 0 amide bonds. The number of carbonyl (C=O) groups excluding carboxylic acids is 1. The zero-order valence-corrected chi connectivity index (χ0v) is 11.6. The Morgan fingerprint density at radius 2 is 2.00 bits per heavy atom.